The molecule has 3 nitrogen and oxygen atoms in total. The highest BCUT2D eigenvalue weighted by Gasteiger charge is 2.31. The number of likely N-dealkylation sites (tertiary alicyclic amines) is 1. The number of nitrogens with zero attached hydrogens (tertiary/aromatic N) is 2. The van der Waals surface area contributed by atoms with Gasteiger partial charge in [-0.25, -0.2) is 0 Å². The van der Waals surface area contributed by atoms with Crippen LogP contribution in [0.15, 0.2) is 30.3 Å². The molecule has 0 aromatic heterocycles. The van der Waals surface area contributed by atoms with Crippen LogP contribution in [0.25, 0.3) is 0 Å². The highest BCUT2D eigenvalue weighted by Crippen LogP contribution is 2.24. The molecule has 2 heterocycles. The van der Waals surface area contributed by atoms with Crippen LogP contribution in [0.4, 0.5) is 5.69 Å². The molecule has 1 aromatic carbocycles. The standard InChI is InChI=1S/C14H21N3/c15-12-10-17(11-12)14-6-8-16(9-7-14)13-4-2-1-3-5-13/h1-5,12,14H,6-11,15H2. The van der Waals surface area contributed by atoms with Crippen molar-refractivity contribution >= 4 is 5.69 Å². The van der Waals surface area contributed by atoms with Gasteiger partial charge in [0.15, 0.2) is 0 Å². The number of benzene rings is 1. The van der Waals surface area contributed by atoms with E-state index in [1.165, 1.54) is 31.6 Å². The molecule has 0 aliphatic carbocycles. The molecule has 1 aromatic rings. The maximum atomic E-state index is 5.84. The van der Waals surface area contributed by atoms with Crippen molar-refractivity contribution in [2.24, 2.45) is 5.73 Å². The molecule has 0 amide bonds. The lowest BCUT2D eigenvalue weighted by Crippen LogP contribution is -2.61. The Morgan fingerprint density at radius 2 is 1.65 bits per heavy atom. The Hall–Kier alpha value is -1.06. The molecule has 0 saturated carbocycles. The highest BCUT2D eigenvalue weighted by molar-refractivity contribution is 5.46. The van der Waals surface area contributed by atoms with Gasteiger partial charge < -0.3 is 10.6 Å². The van der Waals surface area contributed by atoms with E-state index in [0.29, 0.717) is 6.04 Å². The maximum Gasteiger partial charge on any atom is 0.0366 e. The Balaban J connectivity index is 1.54. The summed E-state index contributed by atoms with van der Waals surface area (Å²) in [4.78, 5) is 5.04. The van der Waals surface area contributed by atoms with Crippen LogP contribution in [-0.4, -0.2) is 43.2 Å². The third-order valence-corrected chi connectivity index (χ3v) is 4.04. The van der Waals surface area contributed by atoms with E-state index in [1.54, 1.807) is 0 Å². The summed E-state index contributed by atoms with van der Waals surface area (Å²) in [5.41, 5.74) is 7.21. The number of rotatable bonds is 2. The predicted molar refractivity (Wildman–Crippen MR) is 71.2 cm³/mol. The van der Waals surface area contributed by atoms with Gasteiger partial charge in [-0.05, 0) is 25.0 Å². The van der Waals surface area contributed by atoms with Crippen molar-refractivity contribution in [1.82, 2.24) is 4.90 Å². The van der Waals surface area contributed by atoms with Gasteiger partial charge in [-0.2, -0.15) is 0 Å². The van der Waals surface area contributed by atoms with Crippen LogP contribution in [0.5, 0.6) is 0 Å². The van der Waals surface area contributed by atoms with E-state index in [2.05, 4.69) is 40.1 Å². The van der Waals surface area contributed by atoms with Crippen molar-refractivity contribution in [3.63, 3.8) is 0 Å². The summed E-state index contributed by atoms with van der Waals surface area (Å²) in [6.07, 6.45) is 2.56. The third kappa shape index (κ3) is 2.31. The topological polar surface area (TPSA) is 32.5 Å². The number of hydrogen-bond acceptors (Lipinski definition) is 3. The average molecular weight is 231 g/mol. The van der Waals surface area contributed by atoms with Crippen molar-refractivity contribution in [2.75, 3.05) is 31.1 Å². The first-order valence-electron chi connectivity index (χ1n) is 6.62. The van der Waals surface area contributed by atoms with Crippen LogP contribution in [0.3, 0.4) is 0 Å². The second kappa shape index (κ2) is 4.67. The maximum absolute atomic E-state index is 5.84. The molecular weight excluding hydrogens is 210 g/mol. The fourth-order valence-corrected chi connectivity index (χ4v) is 2.98. The van der Waals surface area contributed by atoms with Crippen molar-refractivity contribution in [2.45, 2.75) is 24.9 Å². The average Bonchev–Trinajstić information content (AvgIpc) is 2.36. The van der Waals surface area contributed by atoms with Crippen LogP contribution in [0.1, 0.15) is 12.8 Å². The molecule has 3 heteroatoms. The zero-order chi connectivity index (χ0) is 11.7. The van der Waals surface area contributed by atoms with Crippen molar-refractivity contribution < 1.29 is 0 Å². The summed E-state index contributed by atoms with van der Waals surface area (Å²) in [6, 6.07) is 11.9. The number of para-hydroxylation sites is 1. The van der Waals surface area contributed by atoms with Crippen LogP contribution in [-0.2, 0) is 0 Å². The number of piperidine rings is 1. The Kier molecular flexibility index (Phi) is 3.04. The third-order valence-electron chi connectivity index (χ3n) is 4.04. The first kappa shape index (κ1) is 11.1. The fraction of sp³-hybridized carbons (Fsp3) is 0.571. The quantitative estimate of drug-likeness (QED) is 0.832. The summed E-state index contributed by atoms with van der Waals surface area (Å²) in [6.45, 7) is 4.58. The fourth-order valence-electron chi connectivity index (χ4n) is 2.98. The minimum Gasteiger partial charge on any atom is -0.371 e. The zero-order valence-corrected chi connectivity index (χ0v) is 10.3. The summed E-state index contributed by atoms with van der Waals surface area (Å²) in [5, 5.41) is 0. The summed E-state index contributed by atoms with van der Waals surface area (Å²) in [5.74, 6) is 0. The molecule has 2 N–H and O–H groups in total. The summed E-state index contributed by atoms with van der Waals surface area (Å²) < 4.78 is 0. The normalized spacial score (nSPS) is 23.7. The van der Waals surface area contributed by atoms with Gasteiger partial charge in [-0.15, -0.1) is 0 Å². The van der Waals surface area contributed by atoms with Gasteiger partial charge in [-0.3, -0.25) is 4.90 Å². The van der Waals surface area contributed by atoms with E-state index in [4.69, 9.17) is 5.73 Å². The molecule has 0 bridgehead atoms. The van der Waals surface area contributed by atoms with Crippen molar-refractivity contribution in [3.8, 4) is 0 Å². The predicted octanol–water partition coefficient (Wildman–Crippen LogP) is 1.30. The Morgan fingerprint density at radius 3 is 2.24 bits per heavy atom. The Morgan fingerprint density at radius 1 is 1.00 bits per heavy atom. The van der Waals surface area contributed by atoms with E-state index in [0.717, 1.165) is 19.1 Å². The van der Waals surface area contributed by atoms with Crippen LogP contribution >= 0.6 is 0 Å². The van der Waals surface area contributed by atoms with Gasteiger partial charge in [0.05, 0.1) is 0 Å². The molecule has 3 rings (SSSR count). The molecule has 2 aliphatic rings. The molecule has 0 atom stereocenters. The SMILES string of the molecule is NC1CN(C2CCN(c3ccccc3)CC2)C1. The largest absolute Gasteiger partial charge is 0.371 e. The van der Waals surface area contributed by atoms with E-state index in [-0.39, 0.29) is 0 Å². The van der Waals surface area contributed by atoms with Crippen LogP contribution in [0, 0.1) is 0 Å². The number of anilines is 1. The van der Waals surface area contributed by atoms with Gasteiger partial charge >= 0.3 is 0 Å². The minimum absolute atomic E-state index is 0.433. The molecule has 0 radical (unpaired) electrons. The lowest BCUT2D eigenvalue weighted by Gasteiger charge is -2.46. The molecule has 92 valence electrons. The van der Waals surface area contributed by atoms with Gasteiger partial charge in [0.25, 0.3) is 0 Å². The van der Waals surface area contributed by atoms with Crippen molar-refractivity contribution in [1.29, 1.82) is 0 Å². The van der Waals surface area contributed by atoms with Crippen LogP contribution < -0.4 is 10.6 Å². The molecule has 17 heavy (non-hydrogen) atoms. The molecule has 0 spiro atoms. The first-order chi connectivity index (χ1) is 8.33. The molecule has 2 saturated heterocycles. The van der Waals surface area contributed by atoms with E-state index in [9.17, 15) is 0 Å². The second-order valence-corrected chi connectivity index (χ2v) is 5.27. The van der Waals surface area contributed by atoms with Gasteiger partial charge in [0.1, 0.15) is 0 Å². The van der Waals surface area contributed by atoms with Gasteiger partial charge in [-0.1, -0.05) is 18.2 Å². The second-order valence-electron chi connectivity index (χ2n) is 5.27. The van der Waals surface area contributed by atoms with Gasteiger partial charge in [0, 0.05) is 44.0 Å². The minimum atomic E-state index is 0.433. The number of nitrogens with two attached hydrogens (primary N) is 1. The van der Waals surface area contributed by atoms with Gasteiger partial charge in [0.2, 0.25) is 0 Å². The highest BCUT2D eigenvalue weighted by atomic mass is 15.3. The zero-order valence-electron chi connectivity index (χ0n) is 10.3. The summed E-state index contributed by atoms with van der Waals surface area (Å²) in [7, 11) is 0. The lowest BCUT2D eigenvalue weighted by atomic mass is 9.97. The Labute approximate surface area is 103 Å². The molecule has 0 unspecified atom stereocenters. The molecular formula is C14H21N3. The smallest absolute Gasteiger partial charge is 0.0366 e. The van der Waals surface area contributed by atoms with E-state index < -0.39 is 0 Å². The van der Waals surface area contributed by atoms with Crippen LogP contribution in [0.2, 0.25) is 0 Å². The first-order valence-corrected chi connectivity index (χ1v) is 6.62. The monoisotopic (exact) mass is 231 g/mol. The number of hydrogen-bond donors (Lipinski definition) is 1. The molecule has 2 fully saturated rings. The van der Waals surface area contributed by atoms with E-state index in [1.807, 2.05) is 0 Å². The lowest BCUT2D eigenvalue weighted by molar-refractivity contribution is 0.0792. The van der Waals surface area contributed by atoms with E-state index >= 15 is 0 Å². The van der Waals surface area contributed by atoms with Crippen molar-refractivity contribution in [3.05, 3.63) is 30.3 Å². The Bertz CT molecular complexity index is 351. The summed E-state index contributed by atoms with van der Waals surface area (Å²) >= 11 is 0. The molecule has 2 aliphatic heterocycles.